The summed E-state index contributed by atoms with van der Waals surface area (Å²) in [4.78, 5) is 29.8. The van der Waals surface area contributed by atoms with Crippen molar-refractivity contribution in [2.45, 2.75) is 25.0 Å². The second-order valence-electron chi connectivity index (χ2n) is 8.45. The molecular weight excluding hydrogens is 408 g/mol. The number of Topliss-reactive ketones (excluding diaryl/α,β-unsaturated/α-hetero) is 1. The topological polar surface area (TPSA) is 79.3 Å². The lowest BCUT2D eigenvalue weighted by Crippen LogP contribution is -2.36. The number of carbonyl (C=O) groups is 2. The number of carbonyl (C=O) groups excluding carboxylic acids is 2. The zero-order valence-corrected chi connectivity index (χ0v) is 18.0. The Morgan fingerprint density at radius 2 is 1.94 bits per heavy atom. The lowest BCUT2D eigenvalue weighted by atomic mass is 9.95. The van der Waals surface area contributed by atoms with Crippen LogP contribution in [0.5, 0.6) is 5.75 Å². The minimum absolute atomic E-state index is 0.103. The third-order valence-corrected chi connectivity index (χ3v) is 6.41. The molecule has 3 heterocycles. The van der Waals surface area contributed by atoms with E-state index in [9.17, 15) is 14.7 Å². The van der Waals surface area contributed by atoms with Crippen LogP contribution in [0.2, 0.25) is 0 Å². The second-order valence-corrected chi connectivity index (χ2v) is 8.45. The summed E-state index contributed by atoms with van der Waals surface area (Å²) in [5.74, 6) is -0.714. The van der Waals surface area contributed by atoms with E-state index in [4.69, 9.17) is 9.47 Å². The summed E-state index contributed by atoms with van der Waals surface area (Å²) in [6, 6.07) is 14.0. The number of hydrogen-bond donors (Lipinski definition) is 1. The molecule has 1 amide bonds. The van der Waals surface area contributed by atoms with Crippen molar-refractivity contribution in [1.29, 1.82) is 0 Å². The number of fused-ring (bicyclic) bond motifs is 1. The molecule has 0 radical (unpaired) electrons. The van der Waals surface area contributed by atoms with Crippen LogP contribution in [0.25, 0.3) is 5.76 Å². The van der Waals surface area contributed by atoms with Gasteiger partial charge in [0.15, 0.2) is 0 Å². The van der Waals surface area contributed by atoms with Gasteiger partial charge >= 0.3 is 0 Å². The summed E-state index contributed by atoms with van der Waals surface area (Å²) < 4.78 is 11.4. The SMILES string of the molecule is CN1CCOc2ccc(/C(O)=C3/C(=O)C(=O)N(CC4CCCO4)C3c3ccccc3)cc21. The van der Waals surface area contributed by atoms with Crippen molar-refractivity contribution in [2.75, 3.05) is 38.3 Å². The van der Waals surface area contributed by atoms with E-state index in [1.807, 2.05) is 42.3 Å². The number of nitrogens with zero attached hydrogens (tertiary/aromatic N) is 2. The first-order valence-corrected chi connectivity index (χ1v) is 11.0. The molecule has 0 saturated carbocycles. The number of amides is 1. The van der Waals surface area contributed by atoms with Crippen LogP contribution in [-0.4, -0.2) is 61.2 Å². The van der Waals surface area contributed by atoms with E-state index in [0.717, 1.165) is 36.4 Å². The normalized spacial score (nSPS) is 24.5. The van der Waals surface area contributed by atoms with Crippen molar-refractivity contribution in [2.24, 2.45) is 0 Å². The first kappa shape index (κ1) is 20.6. The number of aliphatic hydroxyl groups excluding tert-OH is 1. The molecule has 0 spiro atoms. The largest absolute Gasteiger partial charge is 0.507 e. The van der Waals surface area contributed by atoms with Crippen LogP contribution in [0.1, 0.15) is 30.0 Å². The fraction of sp³-hybridized carbons (Fsp3) is 0.360. The van der Waals surface area contributed by atoms with E-state index in [0.29, 0.717) is 25.3 Å². The Hall–Kier alpha value is -3.32. The Kier molecular flexibility index (Phi) is 5.35. The predicted octanol–water partition coefficient (Wildman–Crippen LogP) is 3.12. The fourth-order valence-corrected chi connectivity index (χ4v) is 4.71. The molecule has 166 valence electrons. The second kappa shape index (κ2) is 8.31. The molecule has 3 aliphatic rings. The summed E-state index contributed by atoms with van der Waals surface area (Å²) >= 11 is 0. The third-order valence-electron chi connectivity index (χ3n) is 6.41. The van der Waals surface area contributed by atoms with Gasteiger partial charge in [-0.25, -0.2) is 0 Å². The van der Waals surface area contributed by atoms with E-state index in [1.165, 1.54) is 0 Å². The number of likely N-dealkylation sites (N-methyl/N-ethyl adjacent to an activating group) is 1. The molecule has 5 rings (SSSR count). The van der Waals surface area contributed by atoms with Gasteiger partial charge in [-0.05, 0) is 36.6 Å². The molecule has 0 bridgehead atoms. The Morgan fingerprint density at radius 3 is 2.69 bits per heavy atom. The summed E-state index contributed by atoms with van der Waals surface area (Å²) in [7, 11) is 1.95. The molecule has 0 aromatic heterocycles. The first-order valence-electron chi connectivity index (χ1n) is 11.0. The van der Waals surface area contributed by atoms with Gasteiger partial charge < -0.3 is 24.4 Å². The van der Waals surface area contributed by atoms with Crippen LogP contribution in [0.15, 0.2) is 54.1 Å². The average Bonchev–Trinajstić information content (AvgIpc) is 3.42. The number of ketones is 1. The summed E-state index contributed by atoms with van der Waals surface area (Å²) in [5, 5.41) is 11.3. The maximum atomic E-state index is 13.2. The number of aliphatic hydroxyl groups is 1. The molecule has 0 aliphatic carbocycles. The highest BCUT2D eigenvalue weighted by Gasteiger charge is 2.47. The third kappa shape index (κ3) is 3.52. The van der Waals surface area contributed by atoms with Gasteiger partial charge in [0, 0.05) is 25.8 Å². The van der Waals surface area contributed by atoms with Crippen LogP contribution in [0, 0.1) is 0 Å². The average molecular weight is 434 g/mol. The minimum atomic E-state index is -0.670. The number of hydrogen-bond acceptors (Lipinski definition) is 6. The fourth-order valence-electron chi connectivity index (χ4n) is 4.71. The van der Waals surface area contributed by atoms with Gasteiger partial charge in [0.05, 0.1) is 30.0 Å². The van der Waals surface area contributed by atoms with Crippen LogP contribution in [0.4, 0.5) is 5.69 Å². The van der Waals surface area contributed by atoms with Crippen molar-refractivity contribution in [3.63, 3.8) is 0 Å². The zero-order chi connectivity index (χ0) is 22.2. The minimum Gasteiger partial charge on any atom is -0.507 e. The van der Waals surface area contributed by atoms with Gasteiger partial charge in [0.1, 0.15) is 18.1 Å². The molecule has 1 N–H and O–H groups in total. The van der Waals surface area contributed by atoms with E-state index in [2.05, 4.69) is 0 Å². The Balaban J connectivity index is 1.60. The quantitative estimate of drug-likeness (QED) is 0.453. The molecule has 2 aromatic rings. The Bertz CT molecular complexity index is 1070. The molecule has 7 heteroatoms. The van der Waals surface area contributed by atoms with Crippen molar-refractivity contribution < 1.29 is 24.2 Å². The molecule has 2 aromatic carbocycles. The van der Waals surface area contributed by atoms with E-state index in [1.54, 1.807) is 23.1 Å². The van der Waals surface area contributed by atoms with Gasteiger partial charge in [-0.2, -0.15) is 0 Å². The lowest BCUT2D eigenvalue weighted by Gasteiger charge is -2.29. The number of likely N-dealkylation sites (tertiary alicyclic amines) is 1. The molecule has 2 atom stereocenters. The van der Waals surface area contributed by atoms with Gasteiger partial charge in [-0.15, -0.1) is 0 Å². The van der Waals surface area contributed by atoms with E-state index < -0.39 is 17.7 Å². The van der Waals surface area contributed by atoms with Crippen LogP contribution in [0.3, 0.4) is 0 Å². The van der Waals surface area contributed by atoms with Crippen LogP contribution < -0.4 is 9.64 Å². The van der Waals surface area contributed by atoms with Gasteiger partial charge in [-0.1, -0.05) is 30.3 Å². The standard InChI is InChI=1S/C25H26N2O5/c1-26-11-13-32-20-10-9-17(14-19(20)26)23(28)21-22(16-6-3-2-4-7-16)27(25(30)24(21)29)15-18-8-5-12-31-18/h2-4,6-7,9-10,14,18,22,28H,5,8,11-13,15H2,1H3/b23-21-. The highest BCUT2D eigenvalue weighted by atomic mass is 16.5. The van der Waals surface area contributed by atoms with Gasteiger partial charge in [0.25, 0.3) is 11.7 Å². The highest BCUT2D eigenvalue weighted by Crippen LogP contribution is 2.41. The summed E-state index contributed by atoms with van der Waals surface area (Å²) in [5.41, 5.74) is 2.21. The molecule has 7 nitrogen and oxygen atoms in total. The predicted molar refractivity (Wildman–Crippen MR) is 120 cm³/mol. The molecular formula is C25H26N2O5. The number of benzene rings is 2. The Morgan fingerprint density at radius 1 is 1.12 bits per heavy atom. The maximum absolute atomic E-state index is 13.2. The van der Waals surface area contributed by atoms with E-state index in [-0.39, 0.29) is 17.4 Å². The van der Waals surface area contributed by atoms with Crippen molar-refractivity contribution in [3.05, 3.63) is 65.2 Å². The van der Waals surface area contributed by atoms with Crippen LogP contribution >= 0.6 is 0 Å². The highest BCUT2D eigenvalue weighted by molar-refractivity contribution is 6.46. The number of rotatable bonds is 4. The van der Waals surface area contributed by atoms with Crippen molar-refractivity contribution >= 4 is 23.1 Å². The van der Waals surface area contributed by atoms with Gasteiger partial charge in [0.2, 0.25) is 0 Å². The summed E-state index contributed by atoms with van der Waals surface area (Å²) in [6.07, 6.45) is 1.69. The zero-order valence-electron chi connectivity index (χ0n) is 18.0. The van der Waals surface area contributed by atoms with Crippen LogP contribution in [-0.2, 0) is 14.3 Å². The monoisotopic (exact) mass is 434 g/mol. The maximum Gasteiger partial charge on any atom is 0.295 e. The molecule has 2 saturated heterocycles. The van der Waals surface area contributed by atoms with Gasteiger partial charge in [-0.3, -0.25) is 9.59 Å². The Labute approximate surface area is 186 Å². The van der Waals surface area contributed by atoms with Crippen molar-refractivity contribution in [1.82, 2.24) is 4.90 Å². The summed E-state index contributed by atoms with van der Waals surface area (Å²) in [6.45, 7) is 2.31. The molecule has 2 unspecified atom stereocenters. The molecule has 32 heavy (non-hydrogen) atoms. The molecule has 3 aliphatic heterocycles. The lowest BCUT2D eigenvalue weighted by molar-refractivity contribution is -0.140. The smallest absolute Gasteiger partial charge is 0.295 e. The first-order chi connectivity index (χ1) is 15.5. The van der Waals surface area contributed by atoms with Crippen molar-refractivity contribution in [3.8, 4) is 5.75 Å². The number of anilines is 1. The number of ether oxygens (including phenoxy) is 2. The van der Waals surface area contributed by atoms with E-state index >= 15 is 0 Å². The molecule has 2 fully saturated rings.